The molecule has 0 aliphatic carbocycles. The van der Waals surface area contributed by atoms with E-state index in [1.54, 1.807) is 7.11 Å². The average molecular weight is 420 g/mol. The summed E-state index contributed by atoms with van der Waals surface area (Å²) in [4.78, 5) is 13.2. The molecule has 2 atom stereocenters. The van der Waals surface area contributed by atoms with Crippen molar-refractivity contribution in [3.8, 4) is 17.2 Å². The molecule has 5 heteroatoms. The van der Waals surface area contributed by atoms with Crippen molar-refractivity contribution in [3.63, 3.8) is 0 Å². The molecule has 0 radical (unpaired) electrons. The summed E-state index contributed by atoms with van der Waals surface area (Å²) >= 11 is 0. The first-order valence-electron chi connectivity index (χ1n) is 10.7. The van der Waals surface area contributed by atoms with Crippen LogP contribution in [0.5, 0.6) is 17.2 Å². The van der Waals surface area contributed by atoms with Crippen molar-refractivity contribution in [1.29, 1.82) is 0 Å². The van der Waals surface area contributed by atoms with E-state index in [2.05, 4.69) is 11.4 Å². The highest BCUT2D eigenvalue weighted by Crippen LogP contribution is 2.41. The summed E-state index contributed by atoms with van der Waals surface area (Å²) in [5.41, 5.74) is 0.548. The van der Waals surface area contributed by atoms with E-state index in [0.29, 0.717) is 18.6 Å². The van der Waals surface area contributed by atoms with Gasteiger partial charge in [-0.05, 0) is 55.3 Å². The molecule has 4 rings (SSSR count). The number of hydrogen-bond acceptors (Lipinski definition) is 4. The highest BCUT2D eigenvalue weighted by atomic mass is 16.5. The van der Waals surface area contributed by atoms with E-state index in [9.17, 15) is 4.79 Å². The zero-order valence-corrected chi connectivity index (χ0v) is 18.5. The Kier molecular flexibility index (Phi) is 5.77. The summed E-state index contributed by atoms with van der Waals surface area (Å²) in [5, 5.41) is 5.42. The van der Waals surface area contributed by atoms with Gasteiger partial charge in [0.15, 0.2) is 6.10 Å². The molecule has 5 nitrogen and oxygen atoms in total. The molecular weight excluding hydrogens is 390 g/mol. The highest BCUT2D eigenvalue weighted by Gasteiger charge is 2.36. The topological polar surface area (TPSA) is 56.8 Å². The van der Waals surface area contributed by atoms with Crippen LogP contribution in [0.1, 0.15) is 45.2 Å². The number of methoxy groups -OCH3 is 1. The Labute approximate surface area is 183 Å². The minimum absolute atomic E-state index is 0.125. The molecule has 3 aromatic carbocycles. The van der Waals surface area contributed by atoms with Crippen molar-refractivity contribution in [2.24, 2.45) is 0 Å². The fraction of sp³-hybridized carbons (Fsp3) is 0.346. The van der Waals surface area contributed by atoms with Gasteiger partial charge in [0.2, 0.25) is 0 Å². The third-order valence-electron chi connectivity index (χ3n) is 5.66. The maximum absolute atomic E-state index is 13.2. The summed E-state index contributed by atoms with van der Waals surface area (Å²) in [6.45, 7) is 6.01. The Morgan fingerprint density at radius 2 is 1.84 bits per heavy atom. The quantitative estimate of drug-likeness (QED) is 0.579. The van der Waals surface area contributed by atoms with Crippen LogP contribution in [-0.2, 0) is 4.79 Å². The maximum atomic E-state index is 13.2. The fourth-order valence-electron chi connectivity index (χ4n) is 4.08. The van der Waals surface area contributed by atoms with Crippen molar-refractivity contribution in [2.75, 3.05) is 7.11 Å². The Bertz CT molecular complexity index is 1090. The summed E-state index contributed by atoms with van der Waals surface area (Å²) in [7, 11) is 1.63. The number of rotatable bonds is 6. The van der Waals surface area contributed by atoms with Gasteiger partial charge in [0.25, 0.3) is 5.91 Å². The van der Waals surface area contributed by atoms with E-state index in [0.717, 1.165) is 27.8 Å². The van der Waals surface area contributed by atoms with Gasteiger partial charge in [-0.1, -0.05) is 37.3 Å². The van der Waals surface area contributed by atoms with Gasteiger partial charge in [-0.3, -0.25) is 4.79 Å². The van der Waals surface area contributed by atoms with Gasteiger partial charge in [-0.15, -0.1) is 0 Å². The molecule has 0 unspecified atom stereocenters. The van der Waals surface area contributed by atoms with E-state index in [1.165, 1.54) is 0 Å². The SMILES string of the molecule is CC[C@H](Oc1ccc2ccccc2c1)C(=O)N[C@@H]1CC(C)(C)Oc2cc(OC)ccc21. The number of nitrogens with one attached hydrogen (secondary N) is 1. The van der Waals surface area contributed by atoms with E-state index >= 15 is 0 Å². The predicted octanol–water partition coefficient (Wildman–Crippen LogP) is 5.42. The van der Waals surface area contributed by atoms with Crippen LogP contribution < -0.4 is 19.5 Å². The molecule has 1 aliphatic rings. The highest BCUT2D eigenvalue weighted by molar-refractivity contribution is 5.84. The first-order valence-corrected chi connectivity index (χ1v) is 10.7. The first kappa shape index (κ1) is 21.0. The Hall–Kier alpha value is -3.21. The molecule has 0 aromatic heterocycles. The Morgan fingerprint density at radius 3 is 2.58 bits per heavy atom. The Balaban J connectivity index is 1.53. The van der Waals surface area contributed by atoms with Crippen LogP contribution in [0.3, 0.4) is 0 Å². The molecule has 0 bridgehead atoms. The fourth-order valence-corrected chi connectivity index (χ4v) is 4.08. The van der Waals surface area contributed by atoms with Crippen LogP contribution in [0.25, 0.3) is 10.8 Å². The van der Waals surface area contributed by atoms with Crippen molar-refractivity contribution in [2.45, 2.75) is 51.4 Å². The molecule has 1 heterocycles. The van der Waals surface area contributed by atoms with Gasteiger partial charge >= 0.3 is 0 Å². The number of amides is 1. The molecule has 1 aliphatic heterocycles. The second kappa shape index (κ2) is 8.50. The van der Waals surface area contributed by atoms with E-state index in [-0.39, 0.29) is 11.9 Å². The number of benzene rings is 3. The second-order valence-electron chi connectivity index (χ2n) is 8.55. The standard InChI is InChI=1S/C26H29NO4/c1-5-23(30-20-11-10-17-8-6-7-9-18(17)14-20)25(28)27-22-16-26(2,3)31-24-15-19(29-4)12-13-21(22)24/h6-15,22-23H,5,16H2,1-4H3,(H,27,28)/t22-,23+/m1/s1. The Morgan fingerprint density at radius 1 is 1.10 bits per heavy atom. The number of hydrogen-bond donors (Lipinski definition) is 1. The molecule has 3 aromatic rings. The maximum Gasteiger partial charge on any atom is 0.261 e. The average Bonchev–Trinajstić information content (AvgIpc) is 2.76. The first-order chi connectivity index (χ1) is 14.9. The van der Waals surface area contributed by atoms with Crippen LogP contribution in [0.2, 0.25) is 0 Å². The van der Waals surface area contributed by atoms with E-state index < -0.39 is 11.7 Å². The van der Waals surface area contributed by atoms with Crippen molar-refractivity contribution >= 4 is 16.7 Å². The molecule has 0 saturated heterocycles. The van der Waals surface area contributed by atoms with Crippen molar-refractivity contribution in [3.05, 3.63) is 66.2 Å². The minimum atomic E-state index is -0.575. The summed E-state index contributed by atoms with van der Waals surface area (Å²) in [5.74, 6) is 2.04. The molecular formula is C26H29NO4. The summed E-state index contributed by atoms with van der Waals surface area (Å²) < 4.78 is 17.6. The molecule has 0 spiro atoms. The summed E-state index contributed by atoms with van der Waals surface area (Å²) in [6, 6.07) is 19.6. The van der Waals surface area contributed by atoms with Crippen LogP contribution in [0.15, 0.2) is 60.7 Å². The molecule has 31 heavy (non-hydrogen) atoms. The minimum Gasteiger partial charge on any atom is -0.497 e. The lowest BCUT2D eigenvalue weighted by atomic mass is 9.89. The normalized spacial score (nSPS) is 17.9. The van der Waals surface area contributed by atoms with Gasteiger partial charge in [0.05, 0.1) is 13.2 Å². The zero-order valence-electron chi connectivity index (χ0n) is 18.5. The van der Waals surface area contributed by atoms with Gasteiger partial charge in [-0.25, -0.2) is 0 Å². The summed E-state index contributed by atoms with van der Waals surface area (Å²) in [6.07, 6.45) is 0.666. The smallest absolute Gasteiger partial charge is 0.261 e. The van der Waals surface area contributed by atoms with Crippen molar-refractivity contribution < 1.29 is 19.0 Å². The largest absolute Gasteiger partial charge is 0.497 e. The van der Waals surface area contributed by atoms with Crippen LogP contribution >= 0.6 is 0 Å². The number of fused-ring (bicyclic) bond motifs is 2. The molecule has 1 N–H and O–H groups in total. The van der Waals surface area contributed by atoms with Gasteiger partial charge < -0.3 is 19.5 Å². The number of ether oxygens (including phenoxy) is 3. The second-order valence-corrected chi connectivity index (χ2v) is 8.55. The lowest BCUT2D eigenvalue weighted by molar-refractivity contribution is -0.129. The van der Waals surface area contributed by atoms with Gasteiger partial charge in [0.1, 0.15) is 22.8 Å². The zero-order chi connectivity index (χ0) is 22.0. The lowest BCUT2D eigenvalue weighted by Gasteiger charge is -2.38. The van der Waals surface area contributed by atoms with Crippen LogP contribution in [0.4, 0.5) is 0 Å². The molecule has 0 fully saturated rings. The number of carbonyl (C=O) groups is 1. The monoisotopic (exact) mass is 419 g/mol. The van der Waals surface area contributed by atoms with Gasteiger partial charge in [-0.2, -0.15) is 0 Å². The van der Waals surface area contributed by atoms with Crippen LogP contribution in [0, 0.1) is 0 Å². The molecule has 0 saturated carbocycles. The van der Waals surface area contributed by atoms with E-state index in [4.69, 9.17) is 14.2 Å². The van der Waals surface area contributed by atoms with Crippen molar-refractivity contribution in [1.82, 2.24) is 5.32 Å². The molecule has 162 valence electrons. The lowest BCUT2D eigenvalue weighted by Crippen LogP contribution is -2.45. The third-order valence-corrected chi connectivity index (χ3v) is 5.66. The van der Waals surface area contributed by atoms with E-state index in [1.807, 2.05) is 75.4 Å². The van der Waals surface area contributed by atoms with Crippen LogP contribution in [-0.4, -0.2) is 24.7 Å². The van der Waals surface area contributed by atoms with Gasteiger partial charge in [0, 0.05) is 18.1 Å². The third kappa shape index (κ3) is 4.61. The molecule has 1 amide bonds. The number of carbonyl (C=O) groups excluding carboxylic acids is 1. The predicted molar refractivity (Wildman–Crippen MR) is 122 cm³/mol.